The molecule has 0 heterocycles. The van der Waals surface area contributed by atoms with E-state index in [0.717, 1.165) is 11.1 Å². The van der Waals surface area contributed by atoms with Gasteiger partial charge in [-0.25, -0.2) is 0 Å². The highest BCUT2D eigenvalue weighted by Crippen LogP contribution is 2.27. The molecule has 1 amide bonds. The monoisotopic (exact) mass is 326 g/mol. The SMILES string of the molecule is COc1cc(C=C(C(=O)N(C)C)c2ccc(N)cc2)cc(OC)c1. The molecule has 2 aromatic carbocycles. The van der Waals surface area contributed by atoms with Gasteiger partial charge in [0.2, 0.25) is 0 Å². The van der Waals surface area contributed by atoms with E-state index in [-0.39, 0.29) is 5.91 Å². The van der Waals surface area contributed by atoms with Crippen molar-refractivity contribution < 1.29 is 14.3 Å². The van der Waals surface area contributed by atoms with E-state index < -0.39 is 0 Å². The maximum Gasteiger partial charge on any atom is 0.253 e. The first-order valence-corrected chi connectivity index (χ1v) is 7.47. The predicted molar refractivity (Wildman–Crippen MR) is 97.0 cm³/mol. The fourth-order valence-corrected chi connectivity index (χ4v) is 2.25. The molecule has 0 fully saturated rings. The number of nitrogens with two attached hydrogens (primary N) is 1. The molecule has 0 saturated heterocycles. The Labute approximate surface area is 142 Å². The van der Waals surface area contributed by atoms with Gasteiger partial charge in [0.05, 0.1) is 14.2 Å². The molecule has 0 atom stereocenters. The van der Waals surface area contributed by atoms with Gasteiger partial charge < -0.3 is 20.1 Å². The summed E-state index contributed by atoms with van der Waals surface area (Å²) < 4.78 is 10.6. The molecule has 0 radical (unpaired) electrons. The molecule has 5 heteroatoms. The molecule has 2 aromatic rings. The average molecular weight is 326 g/mol. The molecule has 0 bridgehead atoms. The van der Waals surface area contributed by atoms with Crippen molar-refractivity contribution in [2.75, 3.05) is 34.0 Å². The van der Waals surface area contributed by atoms with Crippen LogP contribution in [0.3, 0.4) is 0 Å². The Balaban J connectivity index is 2.56. The number of ether oxygens (including phenoxy) is 2. The number of benzene rings is 2. The lowest BCUT2D eigenvalue weighted by molar-refractivity contribution is -0.122. The van der Waals surface area contributed by atoms with Gasteiger partial charge in [0.1, 0.15) is 11.5 Å². The lowest BCUT2D eigenvalue weighted by Gasteiger charge is -2.15. The third-order valence-corrected chi connectivity index (χ3v) is 3.54. The first kappa shape index (κ1) is 17.4. The molecular weight excluding hydrogens is 304 g/mol. The number of methoxy groups -OCH3 is 2. The molecular formula is C19H22N2O3. The van der Waals surface area contributed by atoms with Crippen molar-refractivity contribution in [1.29, 1.82) is 0 Å². The quantitative estimate of drug-likeness (QED) is 0.521. The van der Waals surface area contributed by atoms with E-state index >= 15 is 0 Å². The number of nitrogen functional groups attached to an aromatic ring is 1. The summed E-state index contributed by atoms with van der Waals surface area (Å²) in [5, 5.41) is 0. The van der Waals surface area contributed by atoms with E-state index in [1.165, 1.54) is 0 Å². The number of hydrogen-bond acceptors (Lipinski definition) is 4. The third-order valence-electron chi connectivity index (χ3n) is 3.54. The second-order valence-corrected chi connectivity index (χ2v) is 5.53. The summed E-state index contributed by atoms with van der Waals surface area (Å²) in [6, 6.07) is 12.7. The molecule has 0 aliphatic carbocycles. The normalized spacial score (nSPS) is 11.1. The van der Waals surface area contributed by atoms with Crippen LogP contribution in [0.2, 0.25) is 0 Å². The fourth-order valence-electron chi connectivity index (χ4n) is 2.25. The molecule has 0 aromatic heterocycles. The molecule has 0 aliphatic heterocycles. The lowest BCUT2D eigenvalue weighted by atomic mass is 10.0. The Kier molecular flexibility index (Phi) is 5.47. The molecule has 0 saturated carbocycles. The lowest BCUT2D eigenvalue weighted by Crippen LogP contribution is -2.22. The highest BCUT2D eigenvalue weighted by molar-refractivity contribution is 6.24. The number of likely N-dealkylation sites (N-methyl/N-ethyl adjacent to an activating group) is 1. The van der Waals surface area contributed by atoms with Crippen LogP contribution in [0.1, 0.15) is 11.1 Å². The van der Waals surface area contributed by atoms with Gasteiger partial charge in [-0.2, -0.15) is 0 Å². The first-order valence-electron chi connectivity index (χ1n) is 7.47. The highest BCUT2D eigenvalue weighted by atomic mass is 16.5. The minimum absolute atomic E-state index is 0.0958. The number of rotatable bonds is 5. The topological polar surface area (TPSA) is 64.8 Å². The summed E-state index contributed by atoms with van der Waals surface area (Å²) in [6.07, 6.45) is 1.82. The van der Waals surface area contributed by atoms with Crippen molar-refractivity contribution in [3.63, 3.8) is 0 Å². The van der Waals surface area contributed by atoms with Crippen LogP contribution >= 0.6 is 0 Å². The summed E-state index contributed by atoms with van der Waals surface area (Å²) in [7, 11) is 6.63. The van der Waals surface area contributed by atoms with E-state index in [2.05, 4.69) is 0 Å². The molecule has 2 N–H and O–H groups in total. The molecule has 24 heavy (non-hydrogen) atoms. The van der Waals surface area contributed by atoms with Crippen LogP contribution in [0.15, 0.2) is 42.5 Å². The van der Waals surface area contributed by atoms with Gasteiger partial charge in [-0.15, -0.1) is 0 Å². The standard InChI is InChI=1S/C19H22N2O3/c1-21(2)19(22)18(14-5-7-15(20)8-6-14)11-13-9-16(23-3)12-17(10-13)24-4/h5-12H,20H2,1-4H3. The second kappa shape index (κ2) is 7.55. The van der Waals surface area contributed by atoms with Crippen molar-refractivity contribution >= 4 is 23.2 Å². The maximum absolute atomic E-state index is 12.6. The first-order chi connectivity index (χ1) is 11.4. The summed E-state index contributed by atoms with van der Waals surface area (Å²) in [5.41, 5.74) is 8.57. The van der Waals surface area contributed by atoms with E-state index in [1.807, 2.05) is 30.3 Å². The Morgan fingerprint density at radius 2 is 1.54 bits per heavy atom. The van der Waals surface area contributed by atoms with Gasteiger partial charge in [-0.1, -0.05) is 12.1 Å². The van der Waals surface area contributed by atoms with E-state index in [0.29, 0.717) is 22.8 Å². The Bertz CT molecular complexity index is 727. The molecule has 126 valence electrons. The zero-order chi connectivity index (χ0) is 17.7. The zero-order valence-electron chi connectivity index (χ0n) is 14.4. The molecule has 0 aliphatic rings. The Morgan fingerprint density at radius 1 is 1.00 bits per heavy atom. The van der Waals surface area contributed by atoms with Gasteiger partial charge >= 0.3 is 0 Å². The average Bonchev–Trinajstić information content (AvgIpc) is 2.59. The third kappa shape index (κ3) is 4.07. The van der Waals surface area contributed by atoms with Crippen LogP contribution < -0.4 is 15.2 Å². The molecule has 5 nitrogen and oxygen atoms in total. The van der Waals surface area contributed by atoms with Crippen LogP contribution in [-0.2, 0) is 4.79 Å². The minimum atomic E-state index is -0.0958. The Hall–Kier alpha value is -2.95. The number of carbonyl (C=O) groups excluding carboxylic acids is 1. The van der Waals surface area contributed by atoms with Crippen LogP contribution in [-0.4, -0.2) is 39.1 Å². The summed E-state index contributed by atoms with van der Waals surface area (Å²) in [4.78, 5) is 14.1. The number of anilines is 1. The molecule has 0 spiro atoms. The van der Waals surface area contributed by atoms with Gasteiger partial charge in [-0.3, -0.25) is 4.79 Å². The molecule has 0 unspecified atom stereocenters. The van der Waals surface area contributed by atoms with Gasteiger partial charge in [0.25, 0.3) is 5.91 Å². The summed E-state index contributed by atoms with van der Waals surface area (Å²) >= 11 is 0. The van der Waals surface area contributed by atoms with Crippen LogP contribution in [0.25, 0.3) is 11.6 Å². The summed E-state index contributed by atoms with van der Waals surface area (Å²) in [6.45, 7) is 0. The van der Waals surface area contributed by atoms with E-state index in [4.69, 9.17) is 15.2 Å². The van der Waals surface area contributed by atoms with Crippen molar-refractivity contribution in [2.45, 2.75) is 0 Å². The smallest absolute Gasteiger partial charge is 0.253 e. The Morgan fingerprint density at radius 3 is 2.00 bits per heavy atom. The fraction of sp³-hybridized carbons (Fsp3) is 0.211. The number of hydrogen-bond donors (Lipinski definition) is 1. The largest absolute Gasteiger partial charge is 0.497 e. The van der Waals surface area contributed by atoms with Crippen molar-refractivity contribution in [3.05, 3.63) is 53.6 Å². The highest BCUT2D eigenvalue weighted by Gasteiger charge is 2.14. The minimum Gasteiger partial charge on any atom is -0.497 e. The second-order valence-electron chi connectivity index (χ2n) is 5.53. The number of carbonyl (C=O) groups is 1. The van der Waals surface area contributed by atoms with Crippen molar-refractivity contribution in [1.82, 2.24) is 4.90 Å². The van der Waals surface area contributed by atoms with E-state index in [9.17, 15) is 4.79 Å². The number of nitrogens with zero attached hydrogens (tertiary/aromatic N) is 1. The summed E-state index contributed by atoms with van der Waals surface area (Å²) in [5.74, 6) is 1.23. The predicted octanol–water partition coefficient (Wildman–Crippen LogP) is 2.91. The number of amides is 1. The van der Waals surface area contributed by atoms with Crippen LogP contribution in [0.5, 0.6) is 11.5 Å². The van der Waals surface area contributed by atoms with E-state index in [1.54, 1.807) is 51.4 Å². The maximum atomic E-state index is 12.6. The van der Waals surface area contributed by atoms with Gasteiger partial charge in [-0.05, 0) is 41.5 Å². The van der Waals surface area contributed by atoms with Gasteiger partial charge in [0.15, 0.2) is 0 Å². The van der Waals surface area contributed by atoms with Crippen molar-refractivity contribution in [2.24, 2.45) is 0 Å². The van der Waals surface area contributed by atoms with Gasteiger partial charge in [0, 0.05) is 31.4 Å². The zero-order valence-corrected chi connectivity index (χ0v) is 14.4. The van der Waals surface area contributed by atoms with Crippen molar-refractivity contribution in [3.8, 4) is 11.5 Å². The van der Waals surface area contributed by atoms with Crippen LogP contribution in [0, 0.1) is 0 Å². The molecule has 2 rings (SSSR count). The van der Waals surface area contributed by atoms with Crippen LogP contribution in [0.4, 0.5) is 5.69 Å².